The topological polar surface area (TPSA) is 122 Å². The summed E-state index contributed by atoms with van der Waals surface area (Å²) in [5.74, 6) is 0.122. The number of benzene rings is 1. The van der Waals surface area contributed by atoms with Gasteiger partial charge in [0, 0.05) is 0 Å². The smallest absolute Gasteiger partial charge is 0.215 e. The summed E-state index contributed by atoms with van der Waals surface area (Å²) < 4.78 is 30.6. The largest absolute Gasteiger partial charge is 0.490 e. The quantitative estimate of drug-likeness (QED) is 0.452. The van der Waals surface area contributed by atoms with Crippen LogP contribution in [0.4, 0.5) is 5.69 Å². The van der Waals surface area contributed by atoms with E-state index < -0.39 is 29.3 Å². The number of hydrogen-bond acceptors (Lipinski definition) is 6. The van der Waals surface area contributed by atoms with Crippen LogP contribution in [-0.4, -0.2) is 50.2 Å². The zero-order valence-corrected chi connectivity index (χ0v) is 11.1. The van der Waals surface area contributed by atoms with E-state index in [-0.39, 0.29) is 12.4 Å². The van der Waals surface area contributed by atoms with Crippen LogP contribution in [0.1, 0.15) is 0 Å². The van der Waals surface area contributed by atoms with Gasteiger partial charge in [-0.1, -0.05) is 12.1 Å². The first kappa shape index (κ1) is 15.7. The molecule has 0 atom stereocenters. The molecule has 108 valence electrons. The van der Waals surface area contributed by atoms with E-state index in [1.54, 1.807) is 24.3 Å². The number of rotatable bonds is 8. The van der Waals surface area contributed by atoms with Crippen LogP contribution < -0.4 is 15.2 Å². The van der Waals surface area contributed by atoms with Gasteiger partial charge in [-0.2, -0.15) is 0 Å². The first-order valence-corrected chi connectivity index (χ1v) is 7.32. The molecule has 1 aromatic rings. The number of anilines is 1. The molecule has 0 aliphatic heterocycles. The van der Waals surface area contributed by atoms with Crippen molar-refractivity contribution in [3.63, 3.8) is 0 Å². The molecule has 0 fully saturated rings. The Kier molecular flexibility index (Phi) is 6.03. The molecule has 1 rings (SSSR count). The van der Waals surface area contributed by atoms with Crippen molar-refractivity contribution in [3.05, 3.63) is 24.3 Å². The van der Waals surface area contributed by atoms with Gasteiger partial charge in [-0.05, 0) is 12.1 Å². The molecule has 0 bridgehead atoms. The van der Waals surface area contributed by atoms with Gasteiger partial charge in [0.1, 0.15) is 12.4 Å². The summed E-state index contributed by atoms with van der Waals surface area (Å²) >= 11 is 0. The van der Waals surface area contributed by atoms with Crippen molar-refractivity contribution in [3.8, 4) is 5.75 Å². The number of sulfonamides is 1. The first-order chi connectivity index (χ1) is 8.98. The van der Waals surface area contributed by atoms with E-state index in [4.69, 9.17) is 20.7 Å². The lowest BCUT2D eigenvalue weighted by Crippen LogP contribution is -2.42. The number of aliphatic hydroxyl groups excluding tert-OH is 2. The van der Waals surface area contributed by atoms with Gasteiger partial charge in [0.2, 0.25) is 10.0 Å². The van der Waals surface area contributed by atoms with Crippen LogP contribution in [0.15, 0.2) is 24.3 Å². The Hall–Kier alpha value is -1.35. The fourth-order valence-corrected chi connectivity index (χ4v) is 2.40. The SMILES string of the molecule is Nc1ccccc1OCCS(=O)(=O)NC(CO)CO. The Bertz CT molecular complexity index is 488. The number of nitrogens with one attached hydrogen (secondary N) is 1. The normalized spacial score (nSPS) is 11.7. The van der Waals surface area contributed by atoms with Gasteiger partial charge in [0.05, 0.1) is 30.7 Å². The van der Waals surface area contributed by atoms with Crippen LogP contribution in [0.3, 0.4) is 0 Å². The highest BCUT2D eigenvalue weighted by molar-refractivity contribution is 7.89. The van der Waals surface area contributed by atoms with Crippen LogP contribution in [0.25, 0.3) is 0 Å². The van der Waals surface area contributed by atoms with Crippen molar-refractivity contribution in [2.24, 2.45) is 0 Å². The molecule has 0 saturated carbocycles. The minimum atomic E-state index is -3.62. The fraction of sp³-hybridized carbons (Fsp3) is 0.455. The molecule has 0 amide bonds. The Morgan fingerprint density at radius 3 is 2.47 bits per heavy atom. The zero-order valence-electron chi connectivity index (χ0n) is 10.3. The summed E-state index contributed by atoms with van der Waals surface area (Å²) in [5.41, 5.74) is 6.07. The lowest BCUT2D eigenvalue weighted by molar-refractivity contribution is 0.184. The van der Waals surface area contributed by atoms with Crippen LogP contribution in [0.5, 0.6) is 5.75 Å². The van der Waals surface area contributed by atoms with Gasteiger partial charge in [0.25, 0.3) is 0 Å². The van der Waals surface area contributed by atoms with Crippen LogP contribution in [0.2, 0.25) is 0 Å². The summed E-state index contributed by atoms with van der Waals surface area (Å²) in [5, 5.41) is 17.6. The van der Waals surface area contributed by atoms with E-state index in [9.17, 15) is 8.42 Å². The second-order valence-electron chi connectivity index (χ2n) is 3.89. The highest BCUT2D eigenvalue weighted by Crippen LogP contribution is 2.19. The van der Waals surface area contributed by atoms with Gasteiger partial charge in [-0.15, -0.1) is 0 Å². The maximum Gasteiger partial charge on any atom is 0.215 e. The molecule has 0 aliphatic rings. The van der Waals surface area contributed by atoms with Crippen molar-refractivity contribution in [2.45, 2.75) is 6.04 Å². The van der Waals surface area contributed by atoms with Crippen LogP contribution in [-0.2, 0) is 10.0 Å². The van der Waals surface area contributed by atoms with Gasteiger partial charge < -0.3 is 20.7 Å². The van der Waals surface area contributed by atoms with Gasteiger partial charge in [0.15, 0.2) is 0 Å². The molecular weight excluding hydrogens is 272 g/mol. The Morgan fingerprint density at radius 1 is 1.26 bits per heavy atom. The number of ether oxygens (including phenoxy) is 1. The molecule has 0 unspecified atom stereocenters. The summed E-state index contributed by atoms with van der Waals surface area (Å²) in [4.78, 5) is 0. The Labute approximate surface area is 112 Å². The van der Waals surface area contributed by atoms with Crippen molar-refractivity contribution < 1.29 is 23.4 Å². The molecule has 5 N–H and O–H groups in total. The lowest BCUT2D eigenvalue weighted by Gasteiger charge is -2.14. The summed E-state index contributed by atoms with van der Waals surface area (Å²) in [6.45, 7) is -1.02. The van der Waals surface area contributed by atoms with Crippen molar-refractivity contribution in [1.82, 2.24) is 4.72 Å². The molecule has 0 radical (unpaired) electrons. The maximum atomic E-state index is 11.6. The summed E-state index contributed by atoms with van der Waals surface area (Å²) in [6, 6.07) is 5.86. The second-order valence-corrected chi connectivity index (χ2v) is 5.76. The van der Waals surface area contributed by atoms with Crippen LogP contribution in [0, 0.1) is 0 Å². The van der Waals surface area contributed by atoms with E-state index in [1.807, 2.05) is 0 Å². The molecule has 0 spiro atoms. The molecule has 0 aromatic heterocycles. The monoisotopic (exact) mass is 290 g/mol. The predicted molar refractivity (Wildman–Crippen MR) is 71.2 cm³/mol. The molecule has 0 aliphatic carbocycles. The molecular formula is C11H18N2O5S. The summed E-state index contributed by atoms with van der Waals surface area (Å²) in [6.07, 6.45) is 0. The number of para-hydroxylation sites is 2. The highest BCUT2D eigenvalue weighted by atomic mass is 32.2. The Balaban J connectivity index is 2.46. The van der Waals surface area contributed by atoms with E-state index >= 15 is 0 Å². The van der Waals surface area contributed by atoms with E-state index in [1.165, 1.54) is 0 Å². The van der Waals surface area contributed by atoms with Gasteiger partial charge >= 0.3 is 0 Å². The maximum absolute atomic E-state index is 11.6. The minimum Gasteiger partial charge on any atom is -0.490 e. The molecule has 1 aromatic carbocycles. The minimum absolute atomic E-state index is 0.0763. The molecule has 0 saturated heterocycles. The Morgan fingerprint density at radius 2 is 1.89 bits per heavy atom. The van der Waals surface area contributed by atoms with Crippen molar-refractivity contribution in [1.29, 1.82) is 0 Å². The number of hydrogen-bond donors (Lipinski definition) is 4. The standard InChI is InChI=1S/C11H18N2O5S/c12-10-3-1-2-4-11(10)18-5-6-19(16,17)13-9(7-14)8-15/h1-4,9,13-15H,5-8,12H2. The third kappa shape index (κ3) is 5.43. The predicted octanol–water partition coefficient (Wildman–Crippen LogP) is -1.08. The lowest BCUT2D eigenvalue weighted by atomic mass is 10.3. The van der Waals surface area contributed by atoms with Crippen LogP contribution >= 0.6 is 0 Å². The molecule has 7 nitrogen and oxygen atoms in total. The zero-order chi connectivity index (χ0) is 14.3. The van der Waals surface area contributed by atoms with Gasteiger partial charge in [-0.25, -0.2) is 13.1 Å². The molecule has 0 heterocycles. The third-order valence-electron chi connectivity index (χ3n) is 2.32. The fourth-order valence-electron chi connectivity index (χ4n) is 1.32. The van der Waals surface area contributed by atoms with Crippen molar-refractivity contribution in [2.75, 3.05) is 31.3 Å². The van der Waals surface area contributed by atoms with Gasteiger partial charge in [-0.3, -0.25) is 0 Å². The van der Waals surface area contributed by atoms with Crippen molar-refractivity contribution >= 4 is 15.7 Å². The number of nitrogen functional groups attached to an aromatic ring is 1. The summed E-state index contributed by atoms with van der Waals surface area (Å²) in [7, 11) is -3.62. The molecule has 19 heavy (non-hydrogen) atoms. The first-order valence-electron chi connectivity index (χ1n) is 5.67. The number of nitrogens with two attached hydrogens (primary N) is 1. The van der Waals surface area contributed by atoms with E-state index in [0.29, 0.717) is 11.4 Å². The van der Waals surface area contributed by atoms with E-state index in [0.717, 1.165) is 0 Å². The second kappa shape index (κ2) is 7.29. The highest BCUT2D eigenvalue weighted by Gasteiger charge is 2.16. The molecule has 8 heteroatoms. The third-order valence-corrected chi connectivity index (χ3v) is 3.71. The average molecular weight is 290 g/mol. The average Bonchev–Trinajstić information content (AvgIpc) is 2.38. The van der Waals surface area contributed by atoms with E-state index in [2.05, 4.69) is 4.72 Å². The number of aliphatic hydroxyl groups is 2.